The van der Waals surface area contributed by atoms with Crippen molar-refractivity contribution >= 4 is 5.82 Å². The number of hydrogen-bond donors (Lipinski definition) is 1. The first kappa shape index (κ1) is 16.8. The highest BCUT2D eigenvalue weighted by Crippen LogP contribution is 2.22. The Morgan fingerprint density at radius 1 is 1.29 bits per heavy atom. The van der Waals surface area contributed by atoms with E-state index < -0.39 is 0 Å². The quantitative estimate of drug-likeness (QED) is 0.913. The summed E-state index contributed by atoms with van der Waals surface area (Å²) in [5, 5.41) is 3.06. The predicted octanol–water partition coefficient (Wildman–Crippen LogP) is 2.58. The summed E-state index contributed by atoms with van der Waals surface area (Å²) in [5.74, 6) is 1.36. The molecule has 1 aromatic carbocycles. The molecule has 0 bridgehead atoms. The van der Waals surface area contributed by atoms with Crippen LogP contribution in [0.3, 0.4) is 0 Å². The van der Waals surface area contributed by atoms with Crippen molar-refractivity contribution in [3.05, 3.63) is 53.2 Å². The summed E-state index contributed by atoms with van der Waals surface area (Å²) in [7, 11) is 1.85. The zero-order valence-corrected chi connectivity index (χ0v) is 14.1. The first-order valence-corrected chi connectivity index (χ1v) is 8.26. The number of aromatic nitrogens is 2. The first-order valence-electron chi connectivity index (χ1n) is 8.26. The van der Waals surface area contributed by atoms with Crippen LogP contribution < -0.4 is 5.32 Å². The van der Waals surface area contributed by atoms with Crippen molar-refractivity contribution in [3.8, 4) is 0 Å². The minimum Gasteiger partial charge on any atom is -0.373 e. The van der Waals surface area contributed by atoms with Gasteiger partial charge in [0.25, 0.3) is 0 Å². The Balaban J connectivity index is 1.61. The lowest BCUT2D eigenvalue weighted by atomic mass is 10.1. The third-order valence-corrected chi connectivity index (χ3v) is 4.22. The topological polar surface area (TPSA) is 50.3 Å². The Hall–Kier alpha value is -2.05. The number of aryl methyl sites for hydroxylation is 1. The maximum absolute atomic E-state index is 13.0. The molecule has 24 heavy (non-hydrogen) atoms. The molecule has 1 aromatic heterocycles. The van der Waals surface area contributed by atoms with Gasteiger partial charge in [-0.1, -0.05) is 12.1 Å². The molecule has 1 N–H and O–H groups in total. The number of hydrogen-bond acceptors (Lipinski definition) is 5. The van der Waals surface area contributed by atoms with Crippen LogP contribution >= 0.6 is 0 Å². The van der Waals surface area contributed by atoms with Crippen LogP contribution in [0, 0.1) is 12.7 Å². The smallest absolute Gasteiger partial charge is 0.129 e. The van der Waals surface area contributed by atoms with E-state index in [9.17, 15) is 4.39 Å². The maximum Gasteiger partial charge on any atom is 0.129 e. The fourth-order valence-electron chi connectivity index (χ4n) is 2.91. The maximum atomic E-state index is 13.0. The number of ether oxygens (including phenoxy) is 1. The van der Waals surface area contributed by atoms with E-state index in [1.54, 1.807) is 0 Å². The number of benzene rings is 1. The van der Waals surface area contributed by atoms with Crippen molar-refractivity contribution in [3.63, 3.8) is 0 Å². The molecule has 0 amide bonds. The molecule has 3 rings (SSSR count). The van der Waals surface area contributed by atoms with E-state index in [4.69, 9.17) is 4.74 Å². The van der Waals surface area contributed by atoms with Crippen LogP contribution in [0.1, 0.15) is 23.2 Å². The first-order chi connectivity index (χ1) is 11.6. The molecule has 1 unspecified atom stereocenters. The van der Waals surface area contributed by atoms with Gasteiger partial charge in [0, 0.05) is 32.7 Å². The Bertz CT molecular complexity index is 677. The third kappa shape index (κ3) is 4.27. The molecule has 0 saturated carbocycles. The van der Waals surface area contributed by atoms with Gasteiger partial charge in [0.1, 0.15) is 23.6 Å². The number of morpholine rings is 1. The second-order valence-electron chi connectivity index (χ2n) is 6.01. The highest BCUT2D eigenvalue weighted by atomic mass is 19.1. The zero-order valence-electron chi connectivity index (χ0n) is 14.1. The Morgan fingerprint density at radius 3 is 2.83 bits per heavy atom. The molecule has 0 spiro atoms. The van der Waals surface area contributed by atoms with Crippen LogP contribution in [-0.4, -0.2) is 48.2 Å². The molecular weight excluding hydrogens is 307 g/mol. The number of nitrogens with one attached hydrogen (secondary N) is 1. The Labute approximate surface area is 141 Å². The average molecular weight is 330 g/mol. The van der Waals surface area contributed by atoms with Crippen molar-refractivity contribution in [2.75, 3.05) is 38.6 Å². The standard InChI is InChI=1S/C18H23FN4O/c1-13-21-16(11-18(20-2)22-13)17-12-23(9-10-24-17)8-7-14-3-5-15(19)6-4-14/h3-6,11,17H,7-10,12H2,1-2H3,(H,20,21,22). The molecule has 5 nitrogen and oxygen atoms in total. The van der Waals surface area contributed by atoms with Crippen molar-refractivity contribution in [1.29, 1.82) is 0 Å². The van der Waals surface area contributed by atoms with Crippen LogP contribution in [0.15, 0.2) is 30.3 Å². The van der Waals surface area contributed by atoms with E-state index in [0.717, 1.165) is 49.0 Å². The highest BCUT2D eigenvalue weighted by Gasteiger charge is 2.23. The number of nitrogens with zero attached hydrogens (tertiary/aromatic N) is 3. The summed E-state index contributed by atoms with van der Waals surface area (Å²) >= 11 is 0. The van der Waals surface area contributed by atoms with Gasteiger partial charge >= 0.3 is 0 Å². The van der Waals surface area contributed by atoms with Crippen LogP contribution in [-0.2, 0) is 11.2 Å². The molecule has 2 aromatic rings. The lowest BCUT2D eigenvalue weighted by Gasteiger charge is -2.32. The van der Waals surface area contributed by atoms with Gasteiger partial charge in [-0.05, 0) is 31.0 Å². The fraction of sp³-hybridized carbons (Fsp3) is 0.444. The molecule has 1 fully saturated rings. The van der Waals surface area contributed by atoms with E-state index in [0.29, 0.717) is 6.61 Å². The largest absolute Gasteiger partial charge is 0.373 e. The molecule has 6 heteroatoms. The van der Waals surface area contributed by atoms with Gasteiger partial charge in [0.15, 0.2) is 0 Å². The zero-order chi connectivity index (χ0) is 16.9. The second kappa shape index (κ2) is 7.68. The van der Waals surface area contributed by atoms with Gasteiger partial charge in [0.05, 0.1) is 12.3 Å². The van der Waals surface area contributed by atoms with Gasteiger partial charge < -0.3 is 10.1 Å². The molecule has 128 valence electrons. The molecule has 1 aliphatic rings. The normalized spacial score (nSPS) is 18.5. The van der Waals surface area contributed by atoms with E-state index in [2.05, 4.69) is 20.2 Å². The van der Waals surface area contributed by atoms with Gasteiger partial charge in [0.2, 0.25) is 0 Å². The summed E-state index contributed by atoms with van der Waals surface area (Å²) < 4.78 is 18.9. The SMILES string of the molecule is CNc1cc(C2CN(CCc3ccc(F)cc3)CCO2)nc(C)n1. The summed E-state index contributed by atoms with van der Waals surface area (Å²) in [4.78, 5) is 11.2. The van der Waals surface area contributed by atoms with Crippen molar-refractivity contribution < 1.29 is 9.13 Å². The van der Waals surface area contributed by atoms with Crippen molar-refractivity contribution in [2.24, 2.45) is 0 Å². The summed E-state index contributed by atoms with van der Waals surface area (Å²) in [5.41, 5.74) is 2.06. The van der Waals surface area contributed by atoms with Crippen LogP contribution in [0.4, 0.5) is 10.2 Å². The molecule has 0 aliphatic carbocycles. The lowest BCUT2D eigenvalue weighted by Crippen LogP contribution is -2.39. The van der Waals surface area contributed by atoms with Crippen LogP contribution in [0.5, 0.6) is 0 Å². The lowest BCUT2D eigenvalue weighted by molar-refractivity contribution is -0.0317. The highest BCUT2D eigenvalue weighted by molar-refractivity contribution is 5.35. The second-order valence-corrected chi connectivity index (χ2v) is 6.01. The van der Waals surface area contributed by atoms with Gasteiger partial charge in [-0.3, -0.25) is 4.90 Å². The molecular formula is C18H23FN4O. The van der Waals surface area contributed by atoms with E-state index in [1.165, 1.54) is 12.1 Å². The van der Waals surface area contributed by atoms with Gasteiger partial charge in [-0.15, -0.1) is 0 Å². The van der Waals surface area contributed by atoms with E-state index in [-0.39, 0.29) is 11.9 Å². The van der Waals surface area contributed by atoms with Crippen molar-refractivity contribution in [1.82, 2.24) is 14.9 Å². The number of halogens is 1. The van der Waals surface area contributed by atoms with Crippen LogP contribution in [0.2, 0.25) is 0 Å². The molecule has 0 radical (unpaired) electrons. The minimum absolute atomic E-state index is 0.0410. The van der Waals surface area contributed by atoms with E-state index >= 15 is 0 Å². The molecule has 1 saturated heterocycles. The van der Waals surface area contributed by atoms with E-state index in [1.807, 2.05) is 32.2 Å². The molecule has 1 aliphatic heterocycles. The number of anilines is 1. The summed E-state index contributed by atoms with van der Waals surface area (Å²) in [6.45, 7) is 5.21. The molecule has 1 atom stereocenters. The Kier molecular flexibility index (Phi) is 5.37. The minimum atomic E-state index is -0.190. The summed E-state index contributed by atoms with van der Waals surface area (Å²) in [6, 6.07) is 8.67. The molecule has 2 heterocycles. The third-order valence-electron chi connectivity index (χ3n) is 4.22. The monoisotopic (exact) mass is 330 g/mol. The number of rotatable bonds is 5. The van der Waals surface area contributed by atoms with Crippen LogP contribution in [0.25, 0.3) is 0 Å². The van der Waals surface area contributed by atoms with Gasteiger partial charge in [-0.25, -0.2) is 14.4 Å². The average Bonchev–Trinajstić information content (AvgIpc) is 2.61. The van der Waals surface area contributed by atoms with Crippen molar-refractivity contribution in [2.45, 2.75) is 19.4 Å². The Morgan fingerprint density at radius 2 is 2.08 bits per heavy atom. The van der Waals surface area contributed by atoms with Gasteiger partial charge in [-0.2, -0.15) is 0 Å². The predicted molar refractivity (Wildman–Crippen MR) is 91.6 cm³/mol. The fourth-order valence-corrected chi connectivity index (χ4v) is 2.91. The summed E-state index contributed by atoms with van der Waals surface area (Å²) in [6.07, 6.45) is 0.859.